The summed E-state index contributed by atoms with van der Waals surface area (Å²) in [5, 5.41) is 0.884. The fraction of sp³-hybridized carbons (Fsp3) is 0.0625. The molecule has 0 fully saturated rings. The third kappa shape index (κ3) is 1.89. The Morgan fingerprint density at radius 2 is 1.84 bits per heavy atom. The molecule has 0 radical (unpaired) electrons. The number of rotatable bonds is 2. The standard InChI is InChI=1S/C16H12N2O/c1-11-13(10-19)12-6-2-3-7-14(12)18-16(11)15-8-4-5-9-17-15/h2-10H,1H3. The van der Waals surface area contributed by atoms with Crippen molar-refractivity contribution in [2.24, 2.45) is 0 Å². The smallest absolute Gasteiger partial charge is 0.151 e. The molecule has 0 unspecified atom stereocenters. The minimum absolute atomic E-state index is 0.686. The second-order valence-corrected chi connectivity index (χ2v) is 4.35. The predicted octanol–water partition coefficient (Wildman–Crippen LogP) is 3.42. The lowest BCUT2D eigenvalue weighted by Gasteiger charge is -2.10. The number of pyridine rings is 2. The van der Waals surface area contributed by atoms with E-state index < -0.39 is 0 Å². The van der Waals surface area contributed by atoms with Crippen molar-refractivity contribution >= 4 is 17.2 Å². The van der Waals surface area contributed by atoms with Crippen molar-refractivity contribution in [1.29, 1.82) is 0 Å². The quantitative estimate of drug-likeness (QED) is 0.653. The first-order chi connectivity index (χ1) is 9.31. The van der Waals surface area contributed by atoms with Crippen LogP contribution in [0.4, 0.5) is 0 Å². The van der Waals surface area contributed by atoms with Crippen LogP contribution < -0.4 is 0 Å². The summed E-state index contributed by atoms with van der Waals surface area (Å²) in [7, 11) is 0. The van der Waals surface area contributed by atoms with Gasteiger partial charge in [-0.2, -0.15) is 0 Å². The summed E-state index contributed by atoms with van der Waals surface area (Å²) in [6, 6.07) is 13.3. The molecule has 3 rings (SSSR count). The zero-order valence-corrected chi connectivity index (χ0v) is 10.5. The van der Waals surface area contributed by atoms with Crippen molar-refractivity contribution in [2.45, 2.75) is 6.92 Å². The zero-order chi connectivity index (χ0) is 13.2. The molecule has 2 heterocycles. The molecule has 0 amide bonds. The lowest BCUT2D eigenvalue weighted by Crippen LogP contribution is -1.98. The molecular formula is C16H12N2O. The second-order valence-electron chi connectivity index (χ2n) is 4.35. The molecule has 1 aromatic carbocycles. The lowest BCUT2D eigenvalue weighted by atomic mass is 10.0. The van der Waals surface area contributed by atoms with Gasteiger partial charge in [0.1, 0.15) is 0 Å². The van der Waals surface area contributed by atoms with Crippen LogP contribution in [-0.2, 0) is 0 Å². The van der Waals surface area contributed by atoms with Crippen LogP contribution in [-0.4, -0.2) is 16.3 Å². The van der Waals surface area contributed by atoms with Gasteiger partial charge in [-0.1, -0.05) is 24.3 Å². The summed E-state index contributed by atoms with van der Waals surface area (Å²) < 4.78 is 0. The molecule has 0 N–H and O–H groups in total. The molecule has 0 aliphatic rings. The van der Waals surface area contributed by atoms with E-state index in [4.69, 9.17) is 0 Å². The number of nitrogens with zero attached hydrogens (tertiary/aromatic N) is 2. The first-order valence-electron chi connectivity index (χ1n) is 6.07. The monoisotopic (exact) mass is 248 g/mol. The molecule has 3 heteroatoms. The summed E-state index contributed by atoms with van der Waals surface area (Å²) in [6.45, 7) is 1.91. The number of hydrogen-bond donors (Lipinski definition) is 0. The van der Waals surface area contributed by atoms with Crippen molar-refractivity contribution in [2.75, 3.05) is 0 Å². The third-order valence-electron chi connectivity index (χ3n) is 3.21. The van der Waals surface area contributed by atoms with Crippen LogP contribution >= 0.6 is 0 Å². The number of carbonyl (C=O) groups is 1. The molecule has 0 saturated carbocycles. The molecule has 0 atom stereocenters. The minimum Gasteiger partial charge on any atom is -0.298 e. The van der Waals surface area contributed by atoms with E-state index in [1.54, 1.807) is 6.20 Å². The van der Waals surface area contributed by atoms with Gasteiger partial charge in [0.25, 0.3) is 0 Å². The summed E-state index contributed by atoms with van der Waals surface area (Å²) in [5.74, 6) is 0. The van der Waals surface area contributed by atoms with Gasteiger partial charge in [0.15, 0.2) is 6.29 Å². The Morgan fingerprint density at radius 3 is 2.58 bits per heavy atom. The molecule has 3 nitrogen and oxygen atoms in total. The molecule has 0 saturated heterocycles. The maximum atomic E-state index is 11.4. The van der Waals surface area contributed by atoms with E-state index in [1.807, 2.05) is 49.4 Å². The average molecular weight is 248 g/mol. The maximum Gasteiger partial charge on any atom is 0.151 e. The van der Waals surface area contributed by atoms with Crippen LogP contribution in [0.2, 0.25) is 0 Å². The highest BCUT2D eigenvalue weighted by molar-refractivity contribution is 5.99. The van der Waals surface area contributed by atoms with Gasteiger partial charge >= 0.3 is 0 Å². The lowest BCUT2D eigenvalue weighted by molar-refractivity contribution is 0.112. The maximum absolute atomic E-state index is 11.4. The van der Waals surface area contributed by atoms with Crippen molar-refractivity contribution in [3.8, 4) is 11.4 Å². The van der Waals surface area contributed by atoms with E-state index >= 15 is 0 Å². The van der Waals surface area contributed by atoms with E-state index in [1.165, 1.54) is 0 Å². The molecule has 0 spiro atoms. The van der Waals surface area contributed by atoms with E-state index in [2.05, 4.69) is 9.97 Å². The van der Waals surface area contributed by atoms with Gasteiger partial charge in [0.05, 0.1) is 16.9 Å². The number of benzene rings is 1. The van der Waals surface area contributed by atoms with E-state index in [0.717, 1.165) is 34.1 Å². The first-order valence-corrected chi connectivity index (χ1v) is 6.07. The summed E-state index contributed by atoms with van der Waals surface area (Å²) in [6.07, 6.45) is 2.62. The zero-order valence-electron chi connectivity index (χ0n) is 10.5. The molecule has 0 aliphatic carbocycles. The number of para-hydroxylation sites is 1. The highest BCUT2D eigenvalue weighted by Gasteiger charge is 2.12. The molecule has 3 aromatic rings. The fourth-order valence-electron chi connectivity index (χ4n) is 2.24. The first kappa shape index (κ1) is 11.5. The van der Waals surface area contributed by atoms with Gasteiger partial charge in [0, 0.05) is 17.1 Å². The van der Waals surface area contributed by atoms with Gasteiger partial charge in [-0.05, 0) is 30.7 Å². The van der Waals surface area contributed by atoms with E-state index in [-0.39, 0.29) is 0 Å². The van der Waals surface area contributed by atoms with Crippen molar-refractivity contribution in [3.05, 3.63) is 59.8 Å². The van der Waals surface area contributed by atoms with Crippen molar-refractivity contribution in [3.63, 3.8) is 0 Å². The van der Waals surface area contributed by atoms with Gasteiger partial charge in [-0.25, -0.2) is 4.98 Å². The Balaban J connectivity index is 2.38. The van der Waals surface area contributed by atoms with Crippen LogP contribution in [0.15, 0.2) is 48.7 Å². The number of aldehydes is 1. The average Bonchev–Trinajstić information content (AvgIpc) is 2.47. The fourth-order valence-corrected chi connectivity index (χ4v) is 2.24. The summed E-state index contributed by atoms with van der Waals surface area (Å²) >= 11 is 0. The third-order valence-corrected chi connectivity index (χ3v) is 3.21. The Bertz CT molecular complexity index is 751. The molecular weight excluding hydrogens is 236 g/mol. The van der Waals surface area contributed by atoms with Gasteiger partial charge in [-0.3, -0.25) is 9.78 Å². The van der Waals surface area contributed by atoms with Crippen LogP contribution in [0, 0.1) is 6.92 Å². The predicted molar refractivity (Wildman–Crippen MR) is 75.1 cm³/mol. The normalized spacial score (nSPS) is 10.6. The van der Waals surface area contributed by atoms with Gasteiger partial charge in [0.2, 0.25) is 0 Å². The number of fused-ring (bicyclic) bond motifs is 1. The van der Waals surface area contributed by atoms with Crippen LogP contribution in [0.25, 0.3) is 22.3 Å². The topological polar surface area (TPSA) is 42.9 Å². The Morgan fingerprint density at radius 1 is 1.05 bits per heavy atom. The highest BCUT2D eigenvalue weighted by Crippen LogP contribution is 2.27. The Labute approximate surface area is 111 Å². The molecule has 0 aliphatic heterocycles. The van der Waals surface area contributed by atoms with Crippen molar-refractivity contribution < 1.29 is 4.79 Å². The Hall–Kier alpha value is -2.55. The van der Waals surface area contributed by atoms with Gasteiger partial charge < -0.3 is 0 Å². The van der Waals surface area contributed by atoms with Crippen LogP contribution in [0.3, 0.4) is 0 Å². The van der Waals surface area contributed by atoms with E-state index in [0.29, 0.717) is 5.56 Å². The van der Waals surface area contributed by atoms with Crippen LogP contribution in [0.5, 0.6) is 0 Å². The van der Waals surface area contributed by atoms with Crippen LogP contribution in [0.1, 0.15) is 15.9 Å². The molecule has 92 valence electrons. The second kappa shape index (κ2) is 4.61. The Kier molecular flexibility index (Phi) is 2.80. The molecule has 19 heavy (non-hydrogen) atoms. The highest BCUT2D eigenvalue weighted by atomic mass is 16.1. The van der Waals surface area contributed by atoms with E-state index in [9.17, 15) is 4.79 Å². The summed E-state index contributed by atoms with van der Waals surface area (Å²) in [5.41, 5.74) is 3.92. The summed E-state index contributed by atoms with van der Waals surface area (Å²) in [4.78, 5) is 20.3. The number of carbonyl (C=O) groups excluding carboxylic acids is 1. The molecule has 0 bridgehead atoms. The number of aromatic nitrogens is 2. The molecule has 2 aromatic heterocycles. The SMILES string of the molecule is Cc1c(-c2ccccn2)nc2ccccc2c1C=O. The van der Waals surface area contributed by atoms with Crippen molar-refractivity contribution in [1.82, 2.24) is 9.97 Å². The van der Waals surface area contributed by atoms with Gasteiger partial charge in [-0.15, -0.1) is 0 Å². The number of hydrogen-bond acceptors (Lipinski definition) is 3. The largest absolute Gasteiger partial charge is 0.298 e. The minimum atomic E-state index is 0.686.